The second-order valence-corrected chi connectivity index (χ2v) is 9.55. The molecule has 0 unspecified atom stereocenters. The first-order valence-corrected chi connectivity index (χ1v) is 11.7. The molecule has 1 aromatic heterocycles. The number of carbonyl (C=O) groups is 2. The van der Waals surface area contributed by atoms with E-state index < -0.39 is 0 Å². The lowest BCUT2D eigenvalue weighted by Crippen LogP contribution is -2.59. The SMILES string of the molecule is CN1C[C@@H](CNC(=O)C2(C)CCCCC2)N(Cc2cccnc2)[C@@H](c2ccccc2)C1=O. The van der Waals surface area contributed by atoms with Gasteiger partial charge < -0.3 is 10.2 Å². The number of hydrogen-bond acceptors (Lipinski definition) is 4. The predicted molar refractivity (Wildman–Crippen MR) is 125 cm³/mol. The highest BCUT2D eigenvalue weighted by Crippen LogP contribution is 2.36. The fourth-order valence-corrected chi connectivity index (χ4v) is 5.13. The average Bonchev–Trinajstić information content (AvgIpc) is 2.82. The van der Waals surface area contributed by atoms with Gasteiger partial charge in [-0.25, -0.2) is 0 Å². The van der Waals surface area contributed by atoms with Crippen molar-refractivity contribution in [2.24, 2.45) is 5.41 Å². The van der Waals surface area contributed by atoms with Crippen LogP contribution in [0.5, 0.6) is 0 Å². The van der Waals surface area contributed by atoms with Crippen LogP contribution in [-0.2, 0) is 16.1 Å². The monoisotopic (exact) mass is 434 g/mol. The van der Waals surface area contributed by atoms with E-state index in [9.17, 15) is 9.59 Å². The van der Waals surface area contributed by atoms with Gasteiger partial charge in [0.25, 0.3) is 0 Å². The largest absolute Gasteiger partial charge is 0.354 e. The van der Waals surface area contributed by atoms with Crippen LogP contribution in [0.3, 0.4) is 0 Å². The van der Waals surface area contributed by atoms with Crippen molar-refractivity contribution < 1.29 is 9.59 Å². The van der Waals surface area contributed by atoms with Crippen molar-refractivity contribution in [3.63, 3.8) is 0 Å². The lowest BCUT2D eigenvalue weighted by molar-refractivity contribution is -0.144. The molecular formula is C26H34N4O2. The highest BCUT2D eigenvalue weighted by Gasteiger charge is 2.41. The summed E-state index contributed by atoms with van der Waals surface area (Å²) >= 11 is 0. The van der Waals surface area contributed by atoms with Crippen molar-refractivity contribution in [1.29, 1.82) is 0 Å². The minimum Gasteiger partial charge on any atom is -0.354 e. The zero-order valence-electron chi connectivity index (χ0n) is 19.2. The lowest BCUT2D eigenvalue weighted by Gasteiger charge is -2.45. The highest BCUT2D eigenvalue weighted by atomic mass is 16.2. The molecule has 0 spiro atoms. The van der Waals surface area contributed by atoms with Gasteiger partial charge in [0.05, 0.1) is 0 Å². The van der Waals surface area contributed by atoms with E-state index >= 15 is 0 Å². The Kier molecular flexibility index (Phi) is 6.89. The highest BCUT2D eigenvalue weighted by molar-refractivity contribution is 5.84. The minimum absolute atomic E-state index is 0.0132. The zero-order chi connectivity index (χ0) is 22.6. The smallest absolute Gasteiger partial charge is 0.244 e. The molecule has 1 aliphatic carbocycles. The van der Waals surface area contributed by atoms with E-state index in [0.717, 1.165) is 36.8 Å². The summed E-state index contributed by atoms with van der Waals surface area (Å²) in [7, 11) is 1.86. The van der Waals surface area contributed by atoms with Crippen LogP contribution in [0.2, 0.25) is 0 Å². The first kappa shape index (κ1) is 22.5. The summed E-state index contributed by atoms with van der Waals surface area (Å²) in [4.78, 5) is 34.7. The van der Waals surface area contributed by atoms with Gasteiger partial charge in [-0.05, 0) is 30.0 Å². The Labute approximate surface area is 191 Å². The van der Waals surface area contributed by atoms with E-state index in [2.05, 4.69) is 22.1 Å². The topological polar surface area (TPSA) is 65.5 Å². The maximum atomic E-state index is 13.3. The van der Waals surface area contributed by atoms with Gasteiger partial charge in [0.1, 0.15) is 6.04 Å². The van der Waals surface area contributed by atoms with Crippen molar-refractivity contribution in [2.75, 3.05) is 20.1 Å². The Balaban J connectivity index is 1.58. The Morgan fingerprint density at radius 3 is 2.56 bits per heavy atom. The summed E-state index contributed by atoms with van der Waals surface area (Å²) in [6, 6.07) is 13.5. The van der Waals surface area contributed by atoms with Gasteiger partial charge in [0.15, 0.2) is 0 Å². The van der Waals surface area contributed by atoms with Gasteiger partial charge >= 0.3 is 0 Å². The molecule has 4 rings (SSSR count). The van der Waals surface area contributed by atoms with Crippen LogP contribution in [0.15, 0.2) is 54.9 Å². The van der Waals surface area contributed by atoms with Crippen molar-refractivity contribution in [2.45, 2.75) is 57.7 Å². The number of benzene rings is 1. The molecule has 1 N–H and O–H groups in total. The fourth-order valence-electron chi connectivity index (χ4n) is 5.13. The normalized spacial score (nSPS) is 23.7. The molecule has 2 heterocycles. The van der Waals surface area contributed by atoms with Crippen LogP contribution < -0.4 is 5.32 Å². The van der Waals surface area contributed by atoms with Crippen LogP contribution in [0, 0.1) is 5.41 Å². The predicted octanol–water partition coefficient (Wildman–Crippen LogP) is 3.55. The molecule has 32 heavy (non-hydrogen) atoms. The molecule has 1 aromatic carbocycles. The molecule has 0 bridgehead atoms. The second kappa shape index (κ2) is 9.82. The molecule has 2 fully saturated rings. The number of nitrogens with zero attached hydrogens (tertiary/aromatic N) is 3. The van der Waals surface area contributed by atoms with Crippen molar-refractivity contribution in [3.8, 4) is 0 Å². The third-order valence-electron chi connectivity index (χ3n) is 7.10. The number of aromatic nitrogens is 1. The van der Waals surface area contributed by atoms with Crippen molar-refractivity contribution in [1.82, 2.24) is 20.1 Å². The van der Waals surface area contributed by atoms with E-state index in [1.807, 2.05) is 55.7 Å². The zero-order valence-corrected chi connectivity index (χ0v) is 19.2. The van der Waals surface area contributed by atoms with Gasteiger partial charge in [-0.15, -0.1) is 0 Å². The first-order chi connectivity index (χ1) is 15.5. The maximum absolute atomic E-state index is 13.3. The number of rotatable bonds is 6. The van der Waals surface area contributed by atoms with E-state index in [1.54, 1.807) is 11.1 Å². The molecule has 1 aliphatic heterocycles. The van der Waals surface area contributed by atoms with Crippen LogP contribution in [0.1, 0.15) is 56.2 Å². The lowest BCUT2D eigenvalue weighted by atomic mass is 9.75. The Hall–Kier alpha value is -2.73. The van der Waals surface area contributed by atoms with E-state index in [1.165, 1.54) is 6.42 Å². The number of pyridine rings is 1. The molecule has 6 heteroatoms. The Morgan fingerprint density at radius 2 is 1.88 bits per heavy atom. The van der Waals surface area contributed by atoms with Gasteiger partial charge in [-0.3, -0.25) is 19.5 Å². The minimum atomic E-state index is -0.387. The summed E-state index contributed by atoms with van der Waals surface area (Å²) in [5.41, 5.74) is 1.76. The standard InChI is InChI=1S/C26H34N4O2/c1-26(13-7-4-8-14-26)25(32)28-17-22-19-29(2)24(31)23(21-11-5-3-6-12-21)30(22)18-20-10-9-15-27-16-20/h3,5-6,9-12,15-16,22-23H,4,7-8,13-14,17-19H2,1-2H3,(H,28,32)/t22-,23+/m1/s1. The molecular weight excluding hydrogens is 400 g/mol. The van der Waals surface area contributed by atoms with Gasteiger partial charge in [-0.2, -0.15) is 0 Å². The third kappa shape index (κ3) is 4.85. The Bertz CT molecular complexity index is 912. The van der Waals surface area contributed by atoms with E-state index in [4.69, 9.17) is 0 Å². The van der Waals surface area contributed by atoms with E-state index in [-0.39, 0.29) is 29.3 Å². The second-order valence-electron chi connectivity index (χ2n) is 9.55. The third-order valence-corrected chi connectivity index (χ3v) is 7.10. The van der Waals surface area contributed by atoms with Crippen LogP contribution >= 0.6 is 0 Å². The molecule has 2 aliphatic rings. The summed E-state index contributed by atoms with van der Waals surface area (Å²) in [5.74, 6) is 0.233. The number of carbonyl (C=O) groups excluding carboxylic acids is 2. The number of piperazine rings is 1. The van der Waals surface area contributed by atoms with Crippen LogP contribution in [0.25, 0.3) is 0 Å². The molecule has 1 saturated heterocycles. The molecule has 2 aromatic rings. The summed E-state index contributed by atoms with van der Waals surface area (Å²) in [6.45, 7) is 3.80. The van der Waals surface area contributed by atoms with Gasteiger partial charge in [-0.1, -0.05) is 62.6 Å². The van der Waals surface area contributed by atoms with Gasteiger partial charge in [0.2, 0.25) is 11.8 Å². The quantitative estimate of drug-likeness (QED) is 0.755. The molecule has 170 valence electrons. The van der Waals surface area contributed by atoms with Crippen molar-refractivity contribution >= 4 is 11.8 Å². The molecule has 6 nitrogen and oxygen atoms in total. The van der Waals surface area contributed by atoms with Crippen molar-refractivity contribution in [3.05, 3.63) is 66.0 Å². The first-order valence-electron chi connectivity index (χ1n) is 11.7. The number of likely N-dealkylation sites (N-methyl/N-ethyl adjacent to an activating group) is 1. The molecule has 2 amide bonds. The Morgan fingerprint density at radius 1 is 1.12 bits per heavy atom. The van der Waals surface area contributed by atoms with E-state index in [0.29, 0.717) is 19.6 Å². The summed E-state index contributed by atoms with van der Waals surface area (Å²) in [5, 5.41) is 3.25. The maximum Gasteiger partial charge on any atom is 0.244 e. The average molecular weight is 435 g/mol. The molecule has 1 saturated carbocycles. The summed E-state index contributed by atoms with van der Waals surface area (Å²) in [6.07, 6.45) is 8.97. The molecule has 2 atom stereocenters. The van der Waals surface area contributed by atoms with Crippen LogP contribution in [0.4, 0.5) is 0 Å². The fraction of sp³-hybridized carbons (Fsp3) is 0.500. The number of nitrogens with one attached hydrogen (secondary N) is 1. The van der Waals surface area contributed by atoms with Gasteiger partial charge in [0, 0.05) is 50.5 Å². The molecule has 0 radical (unpaired) electrons. The number of hydrogen-bond donors (Lipinski definition) is 1. The summed E-state index contributed by atoms with van der Waals surface area (Å²) < 4.78 is 0. The van der Waals surface area contributed by atoms with Crippen LogP contribution in [-0.4, -0.2) is 52.8 Å². The number of amides is 2.